The quantitative estimate of drug-likeness (QED) is 0.309. The fraction of sp³-hybridized carbons (Fsp3) is 0.316. The first-order valence-electron chi connectivity index (χ1n) is 8.56. The molecule has 2 heterocycles. The maximum atomic E-state index is 13.4. The van der Waals surface area contributed by atoms with Gasteiger partial charge in [-0.3, -0.25) is 0 Å². The molecule has 1 aromatic carbocycles. The van der Waals surface area contributed by atoms with Gasteiger partial charge in [0.2, 0.25) is 0 Å². The van der Waals surface area contributed by atoms with Crippen LogP contribution in [0.1, 0.15) is 11.4 Å². The molecule has 0 aliphatic rings. The molecule has 0 saturated heterocycles. The average Bonchev–Trinajstić information content (AvgIpc) is 3.28. The molecule has 7 nitrogen and oxygen atoms in total. The Morgan fingerprint density at radius 3 is 2.71 bits per heavy atom. The number of rotatable bonds is 9. The maximum absolute atomic E-state index is 13.4. The van der Waals surface area contributed by atoms with E-state index >= 15 is 0 Å². The Kier molecular flexibility index (Phi) is 6.85. The molecule has 2 aromatic heterocycles. The summed E-state index contributed by atoms with van der Waals surface area (Å²) in [6, 6.07) is 6.25. The first kappa shape index (κ1) is 20.1. The fourth-order valence-electron chi connectivity index (χ4n) is 2.60. The zero-order valence-electron chi connectivity index (χ0n) is 15.9. The second kappa shape index (κ2) is 9.54. The Balaban J connectivity index is 2.00. The summed E-state index contributed by atoms with van der Waals surface area (Å²) in [5.74, 6) is -0.295. The molecule has 148 valence electrons. The molecule has 3 aromatic rings. The summed E-state index contributed by atoms with van der Waals surface area (Å²) in [7, 11) is 3.11. The summed E-state index contributed by atoms with van der Waals surface area (Å²) in [6.45, 7) is 3.21. The number of thiazole rings is 1. The predicted molar refractivity (Wildman–Crippen MR) is 106 cm³/mol. The van der Waals surface area contributed by atoms with Crippen LogP contribution in [0, 0.1) is 12.7 Å². The minimum atomic E-state index is -0.295. The molecule has 0 N–H and O–H groups in total. The smallest absolute Gasteiger partial charge is 0.139 e. The third-order valence-corrected chi connectivity index (χ3v) is 4.87. The Hall–Kier alpha value is -2.62. The summed E-state index contributed by atoms with van der Waals surface area (Å²) < 4.78 is 25.8. The molecule has 9 heteroatoms. The van der Waals surface area contributed by atoms with Crippen molar-refractivity contribution in [3.63, 3.8) is 0 Å². The van der Waals surface area contributed by atoms with E-state index in [9.17, 15) is 4.39 Å². The van der Waals surface area contributed by atoms with Gasteiger partial charge in [0, 0.05) is 23.7 Å². The van der Waals surface area contributed by atoms with E-state index in [0.717, 1.165) is 27.5 Å². The number of hydrogen-bond acceptors (Lipinski definition) is 7. The molecule has 0 aliphatic heterocycles. The molecular weight excluding hydrogens is 383 g/mol. The van der Waals surface area contributed by atoms with Crippen LogP contribution in [-0.4, -0.2) is 48.4 Å². The summed E-state index contributed by atoms with van der Waals surface area (Å²) in [5.41, 5.74) is 4.00. The van der Waals surface area contributed by atoms with Crippen molar-refractivity contribution in [2.24, 2.45) is 5.16 Å². The van der Waals surface area contributed by atoms with Crippen LogP contribution in [0.15, 0.2) is 34.8 Å². The van der Waals surface area contributed by atoms with Gasteiger partial charge in [0.15, 0.2) is 0 Å². The van der Waals surface area contributed by atoms with Crippen molar-refractivity contribution in [1.29, 1.82) is 0 Å². The number of aromatic nitrogens is 3. The van der Waals surface area contributed by atoms with Gasteiger partial charge in [-0.1, -0.05) is 5.16 Å². The van der Waals surface area contributed by atoms with E-state index in [0.29, 0.717) is 18.9 Å². The summed E-state index contributed by atoms with van der Waals surface area (Å²) >= 11 is 1.48. The van der Waals surface area contributed by atoms with Crippen LogP contribution in [0.5, 0.6) is 0 Å². The zero-order chi connectivity index (χ0) is 19.9. The van der Waals surface area contributed by atoms with Gasteiger partial charge in [-0.25, -0.2) is 14.1 Å². The SMILES string of the molecule is COCCOCn1nc(-c2ccc(F)cc2)c(-c2nc(C=NOC)cs2)c1C. The normalized spacial score (nSPS) is 11.4. The van der Waals surface area contributed by atoms with Crippen molar-refractivity contribution in [1.82, 2.24) is 14.8 Å². The first-order valence-corrected chi connectivity index (χ1v) is 9.44. The highest BCUT2D eigenvalue weighted by Gasteiger charge is 2.20. The Morgan fingerprint density at radius 1 is 1.21 bits per heavy atom. The van der Waals surface area contributed by atoms with Crippen molar-refractivity contribution in [3.8, 4) is 21.8 Å². The number of methoxy groups -OCH3 is 1. The number of oxime groups is 1. The number of halogens is 1. The van der Waals surface area contributed by atoms with E-state index in [1.807, 2.05) is 12.3 Å². The van der Waals surface area contributed by atoms with E-state index in [-0.39, 0.29) is 12.5 Å². The maximum Gasteiger partial charge on any atom is 0.139 e. The monoisotopic (exact) mass is 404 g/mol. The Labute approximate surface area is 166 Å². The Bertz CT molecular complexity index is 937. The van der Waals surface area contributed by atoms with Crippen LogP contribution in [0.2, 0.25) is 0 Å². The number of nitrogens with zero attached hydrogens (tertiary/aromatic N) is 4. The third-order valence-electron chi connectivity index (χ3n) is 4.00. The van der Waals surface area contributed by atoms with E-state index in [1.54, 1.807) is 30.1 Å². The predicted octanol–water partition coefficient (Wildman–Crippen LogP) is 3.72. The minimum absolute atomic E-state index is 0.284. The molecule has 28 heavy (non-hydrogen) atoms. The van der Waals surface area contributed by atoms with Crippen LogP contribution in [0.3, 0.4) is 0 Å². The van der Waals surface area contributed by atoms with Gasteiger partial charge >= 0.3 is 0 Å². The molecule has 0 unspecified atom stereocenters. The fourth-order valence-corrected chi connectivity index (χ4v) is 3.46. The molecule has 0 radical (unpaired) electrons. The highest BCUT2D eigenvalue weighted by molar-refractivity contribution is 7.13. The third kappa shape index (κ3) is 4.61. The lowest BCUT2D eigenvalue weighted by Crippen LogP contribution is -2.09. The molecular formula is C19H21FN4O3S. The molecule has 0 fully saturated rings. The van der Waals surface area contributed by atoms with Gasteiger partial charge < -0.3 is 14.3 Å². The zero-order valence-corrected chi connectivity index (χ0v) is 16.7. The average molecular weight is 404 g/mol. The van der Waals surface area contributed by atoms with Gasteiger partial charge in [0.1, 0.15) is 30.4 Å². The summed E-state index contributed by atoms with van der Waals surface area (Å²) in [6.07, 6.45) is 1.55. The molecule has 0 aliphatic carbocycles. The number of hydrogen-bond donors (Lipinski definition) is 0. The summed E-state index contributed by atoms with van der Waals surface area (Å²) in [5, 5.41) is 11.1. The first-order chi connectivity index (χ1) is 13.6. The standard InChI is InChI=1S/C19H21FN4O3S/c1-13-17(19-22-16(11-28-19)10-21-26-3)18(14-4-6-15(20)7-5-14)23-24(13)12-27-9-8-25-2/h4-7,10-11H,8-9,12H2,1-3H3. The number of benzene rings is 1. The van der Waals surface area contributed by atoms with Gasteiger partial charge in [-0.2, -0.15) is 5.10 Å². The van der Waals surface area contributed by atoms with Crippen LogP contribution >= 0.6 is 11.3 Å². The Morgan fingerprint density at radius 2 is 2.00 bits per heavy atom. The molecule has 3 rings (SSSR count). The van der Waals surface area contributed by atoms with E-state index in [2.05, 4.69) is 10.1 Å². The lowest BCUT2D eigenvalue weighted by molar-refractivity contribution is 0.0281. The van der Waals surface area contributed by atoms with E-state index in [4.69, 9.17) is 19.4 Å². The van der Waals surface area contributed by atoms with Crippen LogP contribution in [0.25, 0.3) is 21.8 Å². The second-order valence-corrected chi connectivity index (χ2v) is 6.70. The summed E-state index contributed by atoms with van der Waals surface area (Å²) in [4.78, 5) is 9.32. The minimum Gasteiger partial charge on any atom is -0.399 e. The molecule has 0 atom stereocenters. The van der Waals surface area contributed by atoms with Crippen molar-refractivity contribution in [2.45, 2.75) is 13.7 Å². The molecule has 0 saturated carbocycles. The molecule has 0 bridgehead atoms. The van der Waals surface area contributed by atoms with Crippen LogP contribution in [-0.2, 0) is 21.0 Å². The van der Waals surface area contributed by atoms with Crippen molar-refractivity contribution >= 4 is 17.6 Å². The highest BCUT2D eigenvalue weighted by Crippen LogP contribution is 2.36. The molecule has 0 spiro atoms. The number of ether oxygens (including phenoxy) is 2. The van der Waals surface area contributed by atoms with E-state index < -0.39 is 0 Å². The van der Waals surface area contributed by atoms with E-state index in [1.165, 1.54) is 30.6 Å². The topological polar surface area (TPSA) is 70.8 Å². The van der Waals surface area contributed by atoms with Crippen LogP contribution in [0.4, 0.5) is 4.39 Å². The highest BCUT2D eigenvalue weighted by atomic mass is 32.1. The van der Waals surface area contributed by atoms with Crippen LogP contribution < -0.4 is 0 Å². The van der Waals surface area contributed by atoms with Crippen molar-refractivity contribution in [3.05, 3.63) is 46.9 Å². The largest absolute Gasteiger partial charge is 0.399 e. The van der Waals surface area contributed by atoms with Gasteiger partial charge in [-0.15, -0.1) is 11.3 Å². The lowest BCUT2D eigenvalue weighted by Gasteiger charge is -2.05. The van der Waals surface area contributed by atoms with Crippen molar-refractivity contribution in [2.75, 3.05) is 27.4 Å². The van der Waals surface area contributed by atoms with Gasteiger partial charge in [0.05, 0.1) is 30.7 Å². The lowest BCUT2D eigenvalue weighted by atomic mass is 10.1. The van der Waals surface area contributed by atoms with Gasteiger partial charge in [0.25, 0.3) is 0 Å². The molecule has 0 amide bonds. The van der Waals surface area contributed by atoms with Gasteiger partial charge in [-0.05, 0) is 31.2 Å². The van der Waals surface area contributed by atoms with Crippen molar-refractivity contribution < 1.29 is 18.7 Å². The second-order valence-electron chi connectivity index (χ2n) is 5.84.